The number of carbonyl (C=O) groups excluding carboxylic acids is 1. The van der Waals surface area contributed by atoms with Crippen LogP contribution in [0.3, 0.4) is 0 Å². The van der Waals surface area contributed by atoms with Crippen LogP contribution in [0, 0.1) is 11.3 Å². The first kappa shape index (κ1) is 10.9. The molecular formula is C12H21NO2. The van der Waals surface area contributed by atoms with E-state index in [1.807, 2.05) is 6.92 Å². The molecule has 1 aliphatic heterocycles. The quantitative estimate of drug-likeness (QED) is 0.707. The van der Waals surface area contributed by atoms with E-state index in [1.54, 1.807) is 0 Å². The Morgan fingerprint density at radius 2 is 2.27 bits per heavy atom. The van der Waals surface area contributed by atoms with E-state index in [-0.39, 0.29) is 12.0 Å². The standard InChI is InChI=1S/C12H21NO2/c1-4-15-11(14)9-7-8-5-6-12(2,3)10(8)13-9/h8-10,13H,4-7H2,1-3H3/t8-,9+,10+/m1/s1. The van der Waals surface area contributed by atoms with E-state index < -0.39 is 0 Å². The molecule has 3 nitrogen and oxygen atoms in total. The summed E-state index contributed by atoms with van der Waals surface area (Å²) in [7, 11) is 0. The average molecular weight is 211 g/mol. The van der Waals surface area contributed by atoms with Crippen molar-refractivity contribution in [2.75, 3.05) is 6.61 Å². The van der Waals surface area contributed by atoms with Crippen LogP contribution in [0.25, 0.3) is 0 Å². The van der Waals surface area contributed by atoms with E-state index in [4.69, 9.17) is 4.74 Å². The van der Waals surface area contributed by atoms with Gasteiger partial charge in [0.25, 0.3) is 0 Å². The molecule has 0 unspecified atom stereocenters. The molecule has 3 atom stereocenters. The third kappa shape index (κ3) is 1.89. The smallest absolute Gasteiger partial charge is 0.323 e. The predicted molar refractivity (Wildman–Crippen MR) is 58.5 cm³/mol. The molecule has 0 aromatic rings. The SMILES string of the molecule is CCOC(=O)[C@@H]1C[C@H]2CCC(C)(C)[C@H]2N1. The first-order chi connectivity index (χ1) is 7.04. The zero-order valence-electron chi connectivity index (χ0n) is 9.88. The Kier molecular flexibility index (Phi) is 2.75. The zero-order valence-corrected chi connectivity index (χ0v) is 9.88. The summed E-state index contributed by atoms with van der Waals surface area (Å²) in [6, 6.07) is 0.450. The highest BCUT2D eigenvalue weighted by molar-refractivity contribution is 5.76. The number of fused-ring (bicyclic) bond motifs is 1. The summed E-state index contributed by atoms with van der Waals surface area (Å²) < 4.78 is 5.06. The maximum atomic E-state index is 11.6. The summed E-state index contributed by atoms with van der Waals surface area (Å²) in [4.78, 5) is 11.6. The minimum atomic E-state index is -0.0669. The highest BCUT2D eigenvalue weighted by atomic mass is 16.5. The first-order valence-corrected chi connectivity index (χ1v) is 5.97. The summed E-state index contributed by atoms with van der Waals surface area (Å²) in [5.74, 6) is 0.608. The lowest BCUT2D eigenvalue weighted by molar-refractivity contribution is -0.145. The van der Waals surface area contributed by atoms with Crippen molar-refractivity contribution in [1.82, 2.24) is 5.32 Å². The van der Waals surface area contributed by atoms with Crippen molar-refractivity contribution in [2.45, 2.75) is 52.1 Å². The molecule has 2 fully saturated rings. The molecule has 1 heterocycles. The van der Waals surface area contributed by atoms with Gasteiger partial charge < -0.3 is 10.1 Å². The number of rotatable bonds is 2. The van der Waals surface area contributed by atoms with Gasteiger partial charge in [-0.05, 0) is 37.5 Å². The highest BCUT2D eigenvalue weighted by Gasteiger charge is 2.49. The number of hydrogen-bond acceptors (Lipinski definition) is 3. The molecule has 2 rings (SSSR count). The fourth-order valence-electron chi connectivity index (χ4n) is 3.13. The third-order valence-electron chi connectivity index (χ3n) is 3.96. The minimum Gasteiger partial charge on any atom is -0.465 e. The predicted octanol–water partition coefficient (Wildman–Crippen LogP) is 1.72. The lowest BCUT2D eigenvalue weighted by Crippen LogP contribution is -2.42. The van der Waals surface area contributed by atoms with Crippen LogP contribution in [-0.2, 0) is 9.53 Å². The summed E-state index contributed by atoms with van der Waals surface area (Å²) >= 11 is 0. The van der Waals surface area contributed by atoms with Gasteiger partial charge in [-0.1, -0.05) is 13.8 Å². The van der Waals surface area contributed by atoms with Crippen molar-refractivity contribution < 1.29 is 9.53 Å². The normalized spacial score (nSPS) is 37.7. The summed E-state index contributed by atoms with van der Waals surface area (Å²) in [5, 5.41) is 3.45. The van der Waals surface area contributed by atoms with Gasteiger partial charge in [0.05, 0.1) is 6.61 Å². The Labute approximate surface area is 91.6 Å². The van der Waals surface area contributed by atoms with Gasteiger partial charge in [0.2, 0.25) is 0 Å². The monoisotopic (exact) mass is 211 g/mol. The molecule has 86 valence electrons. The zero-order chi connectivity index (χ0) is 11.1. The van der Waals surface area contributed by atoms with Crippen molar-refractivity contribution in [3.63, 3.8) is 0 Å². The van der Waals surface area contributed by atoms with E-state index in [2.05, 4.69) is 19.2 Å². The Balaban J connectivity index is 1.98. The van der Waals surface area contributed by atoms with Gasteiger partial charge in [0, 0.05) is 6.04 Å². The molecule has 0 amide bonds. The molecule has 0 radical (unpaired) electrons. The number of carbonyl (C=O) groups is 1. The fourth-order valence-corrected chi connectivity index (χ4v) is 3.13. The second-order valence-electron chi connectivity index (χ2n) is 5.47. The van der Waals surface area contributed by atoms with Gasteiger partial charge in [-0.3, -0.25) is 4.79 Å². The maximum Gasteiger partial charge on any atom is 0.323 e. The van der Waals surface area contributed by atoms with E-state index in [1.165, 1.54) is 12.8 Å². The lowest BCUT2D eigenvalue weighted by Gasteiger charge is -2.27. The van der Waals surface area contributed by atoms with Crippen molar-refractivity contribution in [3.8, 4) is 0 Å². The molecule has 0 bridgehead atoms. The Bertz CT molecular complexity index is 262. The minimum absolute atomic E-state index is 0.0560. The van der Waals surface area contributed by atoms with Crippen LogP contribution in [-0.4, -0.2) is 24.7 Å². The molecule has 0 aromatic heterocycles. The van der Waals surface area contributed by atoms with Gasteiger partial charge >= 0.3 is 5.97 Å². The number of hydrogen-bond donors (Lipinski definition) is 1. The van der Waals surface area contributed by atoms with Crippen molar-refractivity contribution >= 4 is 5.97 Å². The molecule has 2 aliphatic rings. The van der Waals surface area contributed by atoms with E-state index in [0.717, 1.165) is 6.42 Å². The molecule has 1 saturated carbocycles. The molecule has 0 aromatic carbocycles. The van der Waals surface area contributed by atoms with Crippen LogP contribution in [0.15, 0.2) is 0 Å². The van der Waals surface area contributed by atoms with E-state index in [0.29, 0.717) is 24.0 Å². The van der Waals surface area contributed by atoms with E-state index >= 15 is 0 Å². The van der Waals surface area contributed by atoms with Crippen molar-refractivity contribution in [3.05, 3.63) is 0 Å². The molecule has 1 aliphatic carbocycles. The van der Waals surface area contributed by atoms with Gasteiger partial charge in [-0.2, -0.15) is 0 Å². The van der Waals surface area contributed by atoms with Crippen LogP contribution in [0.2, 0.25) is 0 Å². The molecule has 3 heteroatoms. The van der Waals surface area contributed by atoms with Crippen LogP contribution in [0.1, 0.15) is 40.0 Å². The second kappa shape index (κ2) is 3.78. The molecule has 1 N–H and O–H groups in total. The highest BCUT2D eigenvalue weighted by Crippen LogP contribution is 2.46. The largest absolute Gasteiger partial charge is 0.465 e. The summed E-state index contributed by atoms with van der Waals surface area (Å²) in [6.45, 7) is 6.92. The first-order valence-electron chi connectivity index (χ1n) is 5.97. The Morgan fingerprint density at radius 3 is 2.87 bits per heavy atom. The average Bonchev–Trinajstić information content (AvgIpc) is 2.68. The fraction of sp³-hybridized carbons (Fsp3) is 0.917. The maximum absolute atomic E-state index is 11.6. The second-order valence-corrected chi connectivity index (χ2v) is 5.47. The number of nitrogens with one attached hydrogen (secondary N) is 1. The number of esters is 1. The Morgan fingerprint density at radius 1 is 1.53 bits per heavy atom. The topological polar surface area (TPSA) is 38.3 Å². The molecule has 0 spiro atoms. The van der Waals surface area contributed by atoms with Crippen LogP contribution in [0.5, 0.6) is 0 Å². The van der Waals surface area contributed by atoms with Crippen LogP contribution < -0.4 is 5.32 Å². The van der Waals surface area contributed by atoms with E-state index in [9.17, 15) is 4.79 Å². The lowest BCUT2D eigenvalue weighted by atomic mass is 9.86. The third-order valence-corrected chi connectivity index (χ3v) is 3.96. The van der Waals surface area contributed by atoms with Crippen molar-refractivity contribution in [1.29, 1.82) is 0 Å². The molecule has 15 heavy (non-hydrogen) atoms. The molecule has 1 saturated heterocycles. The van der Waals surface area contributed by atoms with Gasteiger partial charge in [0.1, 0.15) is 6.04 Å². The van der Waals surface area contributed by atoms with Gasteiger partial charge in [-0.15, -0.1) is 0 Å². The van der Waals surface area contributed by atoms with Crippen LogP contribution in [0.4, 0.5) is 0 Å². The van der Waals surface area contributed by atoms with Crippen molar-refractivity contribution in [2.24, 2.45) is 11.3 Å². The number of ether oxygens (including phenoxy) is 1. The molecular weight excluding hydrogens is 190 g/mol. The Hall–Kier alpha value is -0.570. The van der Waals surface area contributed by atoms with Crippen LogP contribution >= 0.6 is 0 Å². The summed E-state index contributed by atoms with van der Waals surface area (Å²) in [6.07, 6.45) is 3.48. The van der Waals surface area contributed by atoms with Gasteiger partial charge in [-0.25, -0.2) is 0 Å². The summed E-state index contributed by atoms with van der Waals surface area (Å²) in [5.41, 5.74) is 0.339. The van der Waals surface area contributed by atoms with Gasteiger partial charge in [0.15, 0.2) is 0 Å².